The largest absolute Gasteiger partial charge is 0.381 e. The highest BCUT2D eigenvalue weighted by atomic mass is 16.5. The van der Waals surface area contributed by atoms with E-state index in [4.69, 9.17) is 4.74 Å². The molecule has 1 rings (SSSR count). The number of hydrogen-bond acceptors (Lipinski definition) is 3. The van der Waals surface area contributed by atoms with Crippen LogP contribution < -0.4 is 5.32 Å². The summed E-state index contributed by atoms with van der Waals surface area (Å²) in [5.74, 6) is 0. The van der Waals surface area contributed by atoms with Gasteiger partial charge in [0.1, 0.15) is 0 Å². The molecule has 3 heteroatoms. The van der Waals surface area contributed by atoms with E-state index in [-0.39, 0.29) is 0 Å². The molecule has 0 aromatic heterocycles. The molecule has 1 N–H and O–H groups in total. The highest BCUT2D eigenvalue weighted by Crippen LogP contribution is 2.05. The van der Waals surface area contributed by atoms with Gasteiger partial charge in [0.25, 0.3) is 0 Å². The molecule has 0 atom stereocenters. The summed E-state index contributed by atoms with van der Waals surface area (Å²) in [6.07, 6.45) is 4.96. The molecule has 0 spiro atoms. The summed E-state index contributed by atoms with van der Waals surface area (Å²) in [6.45, 7) is 7.62. The molecule has 1 saturated heterocycles. The lowest BCUT2D eigenvalue weighted by molar-refractivity contribution is 0.0774. The van der Waals surface area contributed by atoms with Crippen molar-refractivity contribution >= 4 is 0 Å². The monoisotopic (exact) mass is 214 g/mol. The third kappa shape index (κ3) is 6.13. The van der Waals surface area contributed by atoms with Crippen LogP contribution in [-0.2, 0) is 4.74 Å². The molecule has 15 heavy (non-hydrogen) atoms. The normalized spacial score (nSPS) is 18.6. The summed E-state index contributed by atoms with van der Waals surface area (Å²) in [5.41, 5.74) is 0. The van der Waals surface area contributed by atoms with Crippen molar-refractivity contribution in [3.05, 3.63) is 0 Å². The maximum atomic E-state index is 5.33. The van der Waals surface area contributed by atoms with Gasteiger partial charge in [-0.1, -0.05) is 13.3 Å². The first-order chi connectivity index (χ1) is 7.33. The fraction of sp³-hybridized carbons (Fsp3) is 1.00. The van der Waals surface area contributed by atoms with Gasteiger partial charge in [-0.2, -0.15) is 0 Å². The molecule has 90 valence electrons. The lowest BCUT2D eigenvalue weighted by Gasteiger charge is -2.24. The SMILES string of the molecule is CCCCN(C)CCNC1CCOCC1. The van der Waals surface area contributed by atoms with E-state index >= 15 is 0 Å². The molecule has 1 heterocycles. The van der Waals surface area contributed by atoms with Gasteiger partial charge >= 0.3 is 0 Å². The van der Waals surface area contributed by atoms with Gasteiger partial charge in [-0.25, -0.2) is 0 Å². The van der Waals surface area contributed by atoms with Gasteiger partial charge in [-0.15, -0.1) is 0 Å². The molecule has 0 aromatic rings. The van der Waals surface area contributed by atoms with Crippen molar-refractivity contribution in [3.8, 4) is 0 Å². The molecule has 1 aliphatic heterocycles. The summed E-state index contributed by atoms with van der Waals surface area (Å²) in [7, 11) is 2.21. The van der Waals surface area contributed by atoms with E-state index in [1.54, 1.807) is 0 Å². The summed E-state index contributed by atoms with van der Waals surface area (Å²) in [4.78, 5) is 2.41. The first-order valence-corrected chi connectivity index (χ1v) is 6.32. The Bertz CT molecular complexity index is 147. The van der Waals surface area contributed by atoms with Crippen LogP contribution >= 0.6 is 0 Å². The minimum atomic E-state index is 0.693. The van der Waals surface area contributed by atoms with Crippen LogP contribution in [0.4, 0.5) is 0 Å². The zero-order valence-corrected chi connectivity index (χ0v) is 10.3. The number of likely N-dealkylation sites (N-methyl/N-ethyl adjacent to an activating group) is 1. The van der Waals surface area contributed by atoms with Gasteiger partial charge < -0.3 is 15.0 Å². The Hall–Kier alpha value is -0.120. The number of ether oxygens (including phenoxy) is 1. The van der Waals surface area contributed by atoms with Crippen molar-refractivity contribution in [2.45, 2.75) is 38.6 Å². The highest BCUT2D eigenvalue weighted by Gasteiger charge is 2.12. The molecule has 1 fully saturated rings. The van der Waals surface area contributed by atoms with Crippen LogP contribution in [0.5, 0.6) is 0 Å². The second kappa shape index (κ2) is 8.08. The molecule has 0 aliphatic carbocycles. The minimum absolute atomic E-state index is 0.693. The molecular formula is C12H26N2O. The predicted octanol–water partition coefficient (Wildman–Crippen LogP) is 1.49. The Balaban J connectivity index is 1.94. The number of hydrogen-bond donors (Lipinski definition) is 1. The number of unbranched alkanes of at least 4 members (excludes halogenated alkanes) is 1. The van der Waals surface area contributed by atoms with Crippen LogP contribution in [0.2, 0.25) is 0 Å². The van der Waals surface area contributed by atoms with E-state index in [1.165, 1.54) is 32.2 Å². The van der Waals surface area contributed by atoms with E-state index in [2.05, 4.69) is 24.2 Å². The second-order valence-corrected chi connectivity index (χ2v) is 4.50. The first kappa shape index (κ1) is 12.9. The van der Waals surface area contributed by atoms with E-state index in [0.717, 1.165) is 26.3 Å². The zero-order chi connectivity index (χ0) is 10.9. The molecule has 3 nitrogen and oxygen atoms in total. The van der Waals surface area contributed by atoms with E-state index < -0.39 is 0 Å². The fourth-order valence-corrected chi connectivity index (χ4v) is 1.90. The Kier molecular flexibility index (Phi) is 6.98. The second-order valence-electron chi connectivity index (χ2n) is 4.50. The summed E-state index contributed by atoms with van der Waals surface area (Å²) in [5, 5.41) is 3.61. The van der Waals surface area contributed by atoms with Crippen molar-refractivity contribution in [3.63, 3.8) is 0 Å². The van der Waals surface area contributed by atoms with Crippen LogP contribution in [0.15, 0.2) is 0 Å². The lowest BCUT2D eigenvalue weighted by atomic mass is 10.1. The maximum absolute atomic E-state index is 5.33. The van der Waals surface area contributed by atoms with Crippen LogP contribution in [-0.4, -0.2) is 50.8 Å². The van der Waals surface area contributed by atoms with Crippen molar-refractivity contribution in [1.29, 1.82) is 0 Å². The van der Waals surface area contributed by atoms with Gasteiger partial charge in [0.15, 0.2) is 0 Å². The number of rotatable bonds is 7. The van der Waals surface area contributed by atoms with Gasteiger partial charge in [-0.3, -0.25) is 0 Å². The van der Waals surface area contributed by atoms with Crippen molar-refractivity contribution in [1.82, 2.24) is 10.2 Å². The van der Waals surface area contributed by atoms with Gasteiger partial charge in [0, 0.05) is 32.3 Å². The molecule has 0 bridgehead atoms. The summed E-state index contributed by atoms with van der Waals surface area (Å²) >= 11 is 0. The van der Waals surface area contributed by atoms with E-state index in [0.29, 0.717) is 6.04 Å². The summed E-state index contributed by atoms with van der Waals surface area (Å²) < 4.78 is 5.33. The van der Waals surface area contributed by atoms with Crippen LogP contribution in [0.1, 0.15) is 32.6 Å². The van der Waals surface area contributed by atoms with Gasteiger partial charge in [0.2, 0.25) is 0 Å². The smallest absolute Gasteiger partial charge is 0.0480 e. The lowest BCUT2D eigenvalue weighted by Crippen LogP contribution is -2.39. The molecule has 0 amide bonds. The molecule has 1 aliphatic rings. The number of nitrogens with zero attached hydrogens (tertiary/aromatic N) is 1. The molecule has 0 saturated carbocycles. The quantitative estimate of drug-likeness (QED) is 0.695. The Labute approximate surface area is 94.2 Å². The molecular weight excluding hydrogens is 188 g/mol. The minimum Gasteiger partial charge on any atom is -0.381 e. The average Bonchev–Trinajstić information content (AvgIpc) is 2.28. The predicted molar refractivity (Wildman–Crippen MR) is 64.2 cm³/mol. The Morgan fingerprint density at radius 3 is 2.67 bits per heavy atom. The van der Waals surface area contributed by atoms with Gasteiger partial charge in [0.05, 0.1) is 0 Å². The third-order valence-corrected chi connectivity index (χ3v) is 3.04. The zero-order valence-electron chi connectivity index (χ0n) is 10.3. The molecule has 0 unspecified atom stereocenters. The highest BCUT2D eigenvalue weighted by molar-refractivity contribution is 4.70. The van der Waals surface area contributed by atoms with E-state index in [9.17, 15) is 0 Å². The van der Waals surface area contributed by atoms with Crippen LogP contribution in [0.25, 0.3) is 0 Å². The van der Waals surface area contributed by atoms with E-state index in [1.807, 2.05) is 0 Å². The summed E-state index contributed by atoms with van der Waals surface area (Å²) in [6, 6.07) is 0.693. The van der Waals surface area contributed by atoms with Gasteiger partial charge in [-0.05, 0) is 32.9 Å². The topological polar surface area (TPSA) is 24.5 Å². The maximum Gasteiger partial charge on any atom is 0.0480 e. The first-order valence-electron chi connectivity index (χ1n) is 6.32. The molecule has 0 aromatic carbocycles. The van der Waals surface area contributed by atoms with Crippen LogP contribution in [0, 0.1) is 0 Å². The average molecular weight is 214 g/mol. The van der Waals surface area contributed by atoms with Crippen molar-refractivity contribution in [2.24, 2.45) is 0 Å². The third-order valence-electron chi connectivity index (χ3n) is 3.04. The Morgan fingerprint density at radius 2 is 2.00 bits per heavy atom. The number of nitrogens with one attached hydrogen (secondary N) is 1. The van der Waals surface area contributed by atoms with Crippen LogP contribution in [0.3, 0.4) is 0 Å². The molecule has 0 radical (unpaired) electrons. The Morgan fingerprint density at radius 1 is 1.27 bits per heavy atom. The fourth-order valence-electron chi connectivity index (χ4n) is 1.90. The standard InChI is InChI=1S/C12H26N2O/c1-3-4-8-14(2)9-7-13-12-5-10-15-11-6-12/h12-13H,3-11H2,1-2H3. The van der Waals surface area contributed by atoms with Crippen molar-refractivity contribution < 1.29 is 4.74 Å². The van der Waals surface area contributed by atoms with Crippen molar-refractivity contribution in [2.75, 3.05) is 39.9 Å².